The van der Waals surface area contributed by atoms with Crippen molar-refractivity contribution >= 4 is 21.4 Å². The minimum Gasteiger partial charge on any atom is -0.497 e. The van der Waals surface area contributed by atoms with Crippen molar-refractivity contribution in [3.63, 3.8) is 0 Å². The Bertz CT molecular complexity index is 734. The van der Waals surface area contributed by atoms with E-state index >= 15 is 0 Å². The lowest BCUT2D eigenvalue weighted by Crippen LogP contribution is -2.14. The standard InChI is InChI=1S/C12H12FN3O3S/c1-19-9-2-3-11(14)12(5-9)16-20(17,18)10-4-8(13)6-15-7-10/h2-7,16H,14H2,1H3. The van der Waals surface area contributed by atoms with Gasteiger partial charge in [0.2, 0.25) is 0 Å². The van der Waals surface area contributed by atoms with E-state index in [4.69, 9.17) is 10.5 Å². The lowest BCUT2D eigenvalue weighted by molar-refractivity contribution is 0.415. The number of nitrogens with two attached hydrogens (primary N) is 1. The molecule has 0 saturated carbocycles. The van der Waals surface area contributed by atoms with Crippen LogP contribution in [0.1, 0.15) is 0 Å². The number of nitrogens with zero attached hydrogens (tertiary/aromatic N) is 1. The molecule has 0 saturated heterocycles. The summed E-state index contributed by atoms with van der Waals surface area (Å²) in [5, 5.41) is 0. The van der Waals surface area contributed by atoms with Crippen LogP contribution in [-0.4, -0.2) is 20.5 Å². The van der Waals surface area contributed by atoms with Crippen LogP contribution >= 0.6 is 0 Å². The Morgan fingerprint density at radius 3 is 2.70 bits per heavy atom. The first-order valence-electron chi connectivity index (χ1n) is 5.49. The number of halogens is 1. The van der Waals surface area contributed by atoms with Crippen LogP contribution in [0.5, 0.6) is 5.75 Å². The Labute approximate surface area is 115 Å². The van der Waals surface area contributed by atoms with E-state index in [1.807, 2.05) is 0 Å². The Morgan fingerprint density at radius 1 is 1.30 bits per heavy atom. The summed E-state index contributed by atoms with van der Waals surface area (Å²) < 4.78 is 44.5. The van der Waals surface area contributed by atoms with Gasteiger partial charge in [-0.15, -0.1) is 0 Å². The van der Waals surface area contributed by atoms with Gasteiger partial charge in [-0.2, -0.15) is 0 Å². The predicted molar refractivity (Wildman–Crippen MR) is 72.4 cm³/mol. The molecule has 20 heavy (non-hydrogen) atoms. The minimum atomic E-state index is -3.97. The number of hydrogen-bond acceptors (Lipinski definition) is 5. The van der Waals surface area contributed by atoms with Crippen LogP contribution in [-0.2, 0) is 10.0 Å². The zero-order chi connectivity index (χ0) is 14.8. The van der Waals surface area contributed by atoms with Crippen molar-refractivity contribution in [1.29, 1.82) is 0 Å². The number of anilines is 2. The number of methoxy groups -OCH3 is 1. The molecule has 0 aliphatic heterocycles. The van der Waals surface area contributed by atoms with Gasteiger partial charge in [0.15, 0.2) is 0 Å². The second-order valence-corrected chi connectivity index (χ2v) is 5.58. The number of ether oxygens (including phenoxy) is 1. The molecule has 8 heteroatoms. The van der Waals surface area contributed by atoms with Crippen LogP contribution in [0.15, 0.2) is 41.6 Å². The first-order chi connectivity index (χ1) is 9.42. The zero-order valence-corrected chi connectivity index (χ0v) is 11.3. The Balaban J connectivity index is 2.38. The molecule has 0 unspecified atom stereocenters. The molecule has 0 aliphatic carbocycles. The third-order valence-electron chi connectivity index (χ3n) is 2.49. The number of rotatable bonds is 4. The summed E-state index contributed by atoms with van der Waals surface area (Å²) >= 11 is 0. The highest BCUT2D eigenvalue weighted by Crippen LogP contribution is 2.26. The van der Waals surface area contributed by atoms with Gasteiger partial charge in [0.05, 0.1) is 24.7 Å². The van der Waals surface area contributed by atoms with E-state index in [1.54, 1.807) is 6.07 Å². The van der Waals surface area contributed by atoms with Gasteiger partial charge in [-0.25, -0.2) is 12.8 Å². The van der Waals surface area contributed by atoms with Gasteiger partial charge in [0.25, 0.3) is 10.0 Å². The van der Waals surface area contributed by atoms with Crippen molar-refractivity contribution < 1.29 is 17.5 Å². The molecular weight excluding hydrogens is 285 g/mol. The van der Waals surface area contributed by atoms with Gasteiger partial charge in [-0.05, 0) is 18.2 Å². The second kappa shape index (κ2) is 5.33. The van der Waals surface area contributed by atoms with Crippen LogP contribution in [0.25, 0.3) is 0 Å². The molecular formula is C12H12FN3O3S. The number of aromatic nitrogens is 1. The summed E-state index contributed by atoms with van der Waals surface area (Å²) in [6.07, 6.45) is 1.96. The number of sulfonamides is 1. The average Bonchev–Trinajstić information content (AvgIpc) is 2.41. The molecule has 2 rings (SSSR count). The summed E-state index contributed by atoms with van der Waals surface area (Å²) in [7, 11) is -2.53. The van der Waals surface area contributed by atoms with Gasteiger partial charge in [0.1, 0.15) is 16.5 Å². The van der Waals surface area contributed by atoms with Crippen LogP contribution in [0.2, 0.25) is 0 Å². The summed E-state index contributed by atoms with van der Waals surface area (Å²) in [5.41, 5.74) is 6.06. The average molecular weight is 297 g/mol. The topological polar surface area (TPSA) is 94.3 Å². The third kappa shape index (κ3) is 2.97. The number of nitrogen functional groups attached to an aromatic ring is 1. The first-order valence-corrected chi connectivity index (χ1v) is 6.97. The number of pyridine rings is 1. The van der Waals surface area contributed by atoms with E-state index in [1.165, 1.54) is 19.2 Å². The monoisotopic (exact) mass is 297 g/mol. The van der Waals surface area contributed by atoms with Crippen LogP contribution in [0.4, 0.5) is 15.8 Å². The smallest absolute Gasteiger partial charge is 0.263 e. The SMILES string of the molecule is COc1ccc(N)c(NS(=O)(=O)c2cncc(F)c2)c1. The Kier molecular flexibility index (Phi) is 3.75. The fourth-order valence-electron chi connectivity index (χ4n) is 1.49. The highest BCUT2D eigenvalue weighted by molar-refractivity contribution is 7.92. The molecule has 1 aromatic carbocycles. The maximum atomic E-state index is 13.0. The van der Waals surface area contributed by atoms with Gasteiger partial charge in [-0.3, -0.25) is 9.71 Å². The van der Waals surface area contributed by atoms with Gasteiger partial charge >= 0.3 is 0 Å². The molecule has 0 spiro atoms. The highest BCUT2D eigenvalue weighted by atomic mass is 32.2. The second-order valence-electron chi connectivity index (χ2n) is 3.90. The summed E-state index contributed by atoms with van der Waals surface area (Å²) in [6.45, 7) is 0. The minimum absolute atomic E-state index is 0.147. The maximum Gasteiger partial charge on any atom is 0.263 e. The normalized spacial score (nSPS) is 11.1. The molecule has 0 aliphatic rings. The molecule has 0 bridgehead atoms. The molecule has 3 N–H and O–H groups in total. The van der Waals surface area contributed by atoms with Crippen molar-refractivity contribution in [3.05, 3.63) is 42.5 Å². The van der Waals surface area contributed by atoms with Gasteiger partial charge < -0.3 is 10.5 Å². The third-order valence-corrected chi connectivity index (χ3v) is 3.83. The van der Waals surface area contributed by atoms with Crippen molar-refractivity contribution in [2.24, 2.45) is 0 Å². The van der Waals surface area contributed by atoms with Crippen LogP contribution in [0.3, 0.4) is 0 Å². The fraction of sp³-hybridized carbons (Fsp3) is 0.0833. The van der Waals surface area contributed by atoms with Crippen molar-refractivity contribution in [1.82, 2.24) is 4.98 Å². The van der Waals surface area contributed by atoms with E-state index in [9.17, 15) is 12.8 Å². The zero-order valence-electron chi connectivity index (χ0n) is 10.5. The van der Waals surface area contributed by atoms with E-state index < -0.39 is 15.8 Å². The van der Waals surface area contributed by atoms with Crippen molar-refractivity contribution in [2.45, 2.75) is 4.90 Å². The lowest BCUT2D eigenvalue weighted by atomic mass is 10.2. The van der Waals surface area contributed by atoms with E-state index in [2.05, 4.69) is 9.71 Å². The van der Waals surface area contributed by atoms with Crippen molar-refractivity contribution in [3.8, 4) is 5.75 Å². The first kappa shape index (κ1) is 14.1. The largest absolute Gasteiger partial charge is 0.497 e. The maximum absolute atomic E-state index is 13.0. The van der Waals surface area contributed by atoms with Gasteiger partial charge in [-0.1, -0.05) is 0 Å². The molecule has 6 nitrogen and oxygen atoms in total. The molecule has 106 valence electrons. The van der Waals surface area contributed by atoms with E-state index in [0.717, 1.165) is 18.5 Å². The predicted octanol–water partition coefficient (Wildman–Crippen LogP) is 1.61. The summed E-state index contributed by atoms with van der Waals surface area (Å²) in [6, 6.07) is 5.39. The fourth-order valence-corrected chi connectivity index (χ4v) is 2.55. The number of hydrogen-bond donors (Lipinski definition) is 2. The van der Waals surface area contributed by atoms with E-state index in [-0.39, 0.29) is 16.3 Å². The molecule has 2 aromatic rings. The lowest BCUT2D eigenvalue weighted by Gasteiger charge is -2.11. The highest BCUT2D eigenvalue weighted by Gasteiger charge is 2.17. The molecule has 0 radical (unpaired) electrons. The molecule has 1 aromatic heterocycles. The molecule has 0 atom stereocenters. The van der Waals surface area contributed by atoms with Crippen molar-refractivity contribution in [2.75, 3.05) is 17.6 Å². The molecule has 0 amide bonds. The molecule has 1 heterocycles. The molecule has 0 fully saturated rings. The van der Waals surface area contributed by atoms with E-state index in [0.29, 0.717) is 5.75 Å². The summed E-state index contributed by atoms with van der Waals surface area (Å²) in [4.78, 5) is 3.21. The van der Waals surface area contributed by atoms with Crippen LogP contribution in [0, 0.1) is 5.82 Å². The Hall–Kier alpha value is -2.35. The summed E-state index contributed by atoms with van der Waals surface area (Å²) in [5.74, 6) is -0.305. The number of nitrogens with one attached hydrogen (secondary N) is 1. The Morgan fingerprint density at radius 2 is 2.05 bits per heavy atom. The van der Waals surface area contributed by atoms with Crippen LogP contribution < -0.4 is 15.2 Å². The van der Waals surface area contributed by atoms with Gasteiger partial charge in [0, 0.05) is 12.3 Å². The quantitative estimate of drug-likeness (QED) is 0.836. The number of benzene rings is 1.